The van der Waals surface area contributed by atoms with Crippen LogP contribution in [0.1, 0.15) is 18.4 Å². The van der Waals surface area contributed by atoms with E-state index in [0.29, 0.717) is 13.1 Å². The third-order valence-corrected chi connectivity index (χ3v) is 3.93. The van der Waals surface area contributed by atoms with E-state index < -0.39 is 0 Å². The highest BCUT2D eigenvalue weighted by atomic mass is 16.5. The number of aromatic nitrogens is 3. The summed E-state index contributed by atoms with van der Waals surface area (Å²) >= 11 is 0. The molecule has 5 nitrogen and oxygen atoms in total. The zero-order valence-electron chi connectivity index (χ0n) is 13.0. The molecule has 0 bridgehead atoms. The molecule has 0 spiro atoms. The fourth-order valence-corrected chi connectivity index (χ4v) is 2.90. The summed E-state index contributed by atoms with van der Waals surface area (Å²) in [6, 6.07) is 12.1. The zero-order valence-corrected chi connectivity index (χ0v) is 13.0. The molecule has 0 aliphatic heterocycles. The van der Waals surface area contributed by atoms with E-state index in [-0.39, 0.29) is 0 Å². The highest BCUT2D eigenvalue weighted by Gasteiger charge is 2.23. The number of rotatable bonds is 5. The third kappa shape index (κ3) is 2.44. The van der Waals surface area contributed by atoms with E-state index in [1.54, 1.807) is 7.11 Å². The maximum absolute atomic E-state index is 6.02. The van der Waals surface area contributed by atoms with Gasteiger partial charge in [0, 0.05) is 12.3 Å². The number of methoxy groups -OCH3 is 1. The van der Waals surface area contributed by atoms with Gasteiger partial charge in [-0.05, 0) is 31.2 Å². The van der Waals surface area contributed by atoms with Crippen molar-refractivity contribution in [2.24, 2.45) is 5.73 Å². The number of nitrogens with zero attached hydrogens (tertiary/aromatic N) is 3. The zero-order chi connectivity index (χ0) is 15.5. The van der Waals surface area contributed by atoms with E-state index in [2.05, 4.69) is 33.2 Å². The number of benzene rings is 1. The molecule has 0 fully saturated rings. The summed E-state index contributed by atoms with van der Waals surface area (Å²) in [5, 5.41) is 0. The Labute approximate surface area is 130 Å². The number of fused-ring (bicyclic) bond motifs is 1. The molecule has 0 saturated carbocycles. The molecule has 114 valence electrons. The first-order chi connectivity index (χ1) is 10.8. The van der Waals surface area contributed by atoms with Crippen LogP contribution < -0.4 is 15.0 Å². The second kappa shape index (κ2) is 6.15. The minimum Gasteiger partial charge on any atom is -0.497 e. The fourth-order valence-electron chi connectivity index (χ4n) is 2.90. The van der Waals surface area contributed by atoms with Crippen molar-refractivity contribution >= 4 is 11.0 Å². The Morgan fingerprint density at radius 2 is 2.14 bits per heavy atom. The van der Waals surface area contributed by atoms with E-state index in [9.17, 15) is 0 Å². The van der Waals surface area contributed by atoms with Gasteiger partial charge in [-0.3, -0.25) is 4.98 Å². The number of nitrogens with two attached hydrogens (primary N) is 1. The van der Waals surface area contributed by atoms with Crippen LogP contribution in [-0.4, -0.2) is 16.7 Å². The molecule has 2 N–H and O–H groups in total. The van der Waals surface area contributed by atoms with Gasteiger partial charge in [-0.15, -0.1) is 0 Å². The molecule has 2 aromatic heterocycles. The Morgan fingerprint density at radius 1 is 1.27 bits per heavy atom. The van der Waals surface area contributed by atoms with Crippen LogP contribution >= 0.6 is 0 Å². The summed E-state index contributed by atoms with van der Waals surface area (Å²) in [6.45, 7) is 4.19. The average molecular weight is 297 g/mol. The summed E-state index contributed by atoms with van der Waals surface area (Å²) < 4.78 is 9.85. The second-order valence-corrected chi connectivity index (χ2v) is 5.13. The van der Waals surface area contributed by atoms with Gasteiger partial charge in [0.25, 0.3) is 5.82 Å². The van der Waals surface area contributed by atoms with Gasteiger partial charge in [-0.1, -0.05) is 6.07 Å². The number of hydrogen-bond donors (Lipinski definition) is 1. The molecule has 0 saturated heterocycles. The molecular weight excluding hydrogens is 276 g/mol. The van der Waals surface area contributed by atoms with Gasteiger partial charge in [-0.25, -0.2) is 9.13 Å². The molecule has 0 atom stereocenters. The van der Waals surface area contributed by atoms with Crippen molar-refractivity contribution in [2.75, 3.05) is 7.11 Å². The molecule has 0 radical (unpaired) electrons. The van der Waals surface area contributed by atoms with Crippen LogP contribution in [0.25, 0.3) is 11.0 Å². The summed E-state index contributed by atoms with van der Waals surface area (Å²) in [6.07, 6.45) is 1.82. The summed E-state index contributed by atoms with van der Waals surface area (Å²) in [5.74, 6) is 1.94. The standard InChI is InChI=1S/C17H21N4O/c1-3-20-15-8-7-14(22-2)10-16(15)21(17(20)11-18)12-13-6-4-5-9-19-13/h4-10H,3,11-12,18H2,1-2H3/q+1. The van der Waals surface area contributed by atoms with Gasteiger partial charge in [0.15, 0.2) is 11.0 Å². The lowest BCUT2D eigenvalue weighted by atomic mass is 10.3. The first-order valence-corrected chi connectivity index (χ1v) is 7.47. The van der Waals surface area contributed by atoms with Crippen LogP contribution in [0.2, 0.25) is 0 Å². The largest absolute Gasteiger partial charge is 0.497 e. The highest BCUT2D eigenvalue weighted by Crippen LogP contribution is 2.22. The first kappa shape index (κ1) is 14.5. The number of hydrogen-bond acceptors (Lipinski definition) is 3. The Bertz CT molecular complexity index is 780. The van der Waals surface area contributed by atoms with Crippen molar-refractivity contribution < 1.29 is 9.30 Å². The smallest absolute Gasteiger partial charge is 0.271 e. The molecule has 0 aliphatic rings. The highest BCUT2D eigenvalue weighted by molar-refractivity contribution is 5.74. The van der Waals surface area contributed by atoms with E-state index in [0.717, 1.165) is 29.3 Å². The summed E-state index contributed by atoms with van der Waals surface area (Å²) in [7, 11) is 1.69. The normalized spacial score (nSPS) is 11.0. The molecular formula is C17H21N4O+. The second-order valence-electron chi connectivity index (χ2n) is 5.13. The Hall–Kier alpha value is -2.40. The Balaban J connectivity index is 2.21. The van der Waals surface area contributed by atoms with Gasteiger partial charge in [0.2, 0.25) is 0 Å². The van der Waals surface area contributed by atoms with Gasteiger partial charge in [0.05, 0.1) is 25.9 Å². The minimum absolute atomic E-state index is 0.484. The van der Waals surface area contributed by atoms with E-state index >= 15 is 0 Å². The Morgan fingerprint density at radius 3 is 2.77 bits per heavy atom. The molecule has 0 aliphatic carbocycles. The van der Waals surface area contributed by atoms with Crippen LogP contribution in [-0.2, 0) is 19.6 Å². The number of imidazole rings is 1. The van der Waals surface area contributed by atoms with Crippen molar-refractivity contribution in [1.29, 1.82) is 0 Å². The lowest BCUT2D eigenvalue weighted by Crippen LogP contribution is -2.38. The van der Waals surface area contributed by atoms with Gasteiger partial charge in [0.1, 0.15) is 12.3 Å². The third-order valence-electron chi connectivity index (χ3n) is 3.93. The van der Waals surface area contributed by atoms with Crippen LogP contribution in [0.3, 0.4) is 0 Å². The van der Waals surface area contributed by atoms with Crippen LogP contribution in [0.15, 0.2) is 42.6 Å². The fraction of sp³-hybridized carbons (Fsp3) is 0.294. The predicted molar refractivity (Wildman–Crippen MR) is 85.6 cm³/mol. The van der Waals surface area contributed by atoms with Crippen molar-refractivity contribution in [3.05, 3.63) is 54.1 Å². The SMILES string of the molecule is CC[n+]1c(CN)n(Cc2ccccn2)c2cc(OC)ccc21. The van der Waals surface area contributed by atoms with Crippen molar-refractivity contribution in [3.63, 3.8) is 0 Å². The maximum Gasteiger partial charge on any atom is 0.271 e. The summed E-state index contributed by atoms with van der Waals surface area (Å²) in [5.41, 5.74) is 9.32. The molecule has 1 aromatic carbocycles. The molecule has 2 heterocycles. The van der Waals surface area contributed by atoms with Gasteiger partial charge in [-0.2, -0.15) is 0 Å². The lowest BCUT2D eigenvalue weighted by Gasteiger charge is -2.02. The van der Waals surface area contributed by atoms with Crippen LogP contribution in [0.4, 0.5) is 0 Å². The lowest BCUT2D eigenvalue weighted by molar-refractivity contribution is -0.676. The number of aryl methyl sites for hydroxylation is 1. The van der Waals surface area contributed by atoms with Crippen molar-refractivity contribution in [2.45, 2.75) is 26.6 Å². The van der Waals surface area contributed by atoms with Crippen LogP contribution in [0.5, 0.6) is 5.75 Å². The number of pyridine rings is 1. The number of ether oxygens (including phenoxy) is 1. The topological polar surface area (TPSA) is 57.0 Å². The maximum atomic E-state index is 6.02. The Kier molecular flexibility index (Phi) is 4.06. The van der Waals surface area contributed by atoms with Crippen LogP contribution in [0, 0.1) is 0 Å². The van der Waals surface area contributed by atoms with E-state index in [1.807, 2.05) is 30.5 Å². The predicted octanol–water partition coefficient (Wildman–Crippen LogP) is 1.86. The van der Waals surface area contributed by atoms with Crippen molar-refractivity contribution in [1.82, 2.24) is 9.55 Å². The molecule has 5 heteroatoms. The molecule has 3 aromatic rings. The first-order valence-electron chi connectivity index (χ1n) is 7.47. The van der Waals surface area contributed by atoms with Gasteiger partial charge < -0.3 is 10.5 Å². The molecule has 0 unspecified atom stereocenters. The van der Waals surface area contributed by atoms with E-state index in [1.165, 1.54) is 5.52 Å². The van der Waals surface area contributed by atoms with Gasteiger partial charge >= 0.3 is 0 Å². The summed E-state index contributed by atoms with van der Waals surface area (Å²) in [4.78, 5) is 4.43. The molecule has 22 heavy (non-hydrogen) atoms. The minimum atomic E-state index is 0.484. The monoisotopic (exact) mass is 297 g/mol. The van der Waals surface area contributed by atoms with Crippen molar-refractivity contribution in [3.8, 4) is 5.75 Å². The van der Waals surface area contributed by atoms with E-state index in [4.69, 9.17) is 10.5 Å². The average Bonchev–Trinajstić information content (AvgIpc) is 2.87. The quantitative estimate of drug-likeness (QED) is 0.731. The molecule has 3 rings (SSSR count). The molecule has 0 amide bonds.